The number of carbonyl (C=O) groups is 2. The minimum absolute atomic E-state index is 0.0301. The second kappa shape index (κ2) is 11.5. The first-order valence-electron chi connectivity index (χ1n) is 9.95. The third-order valence-electron chi connectivity index (χ3n) is 4.77. The fourth-order valence-electron chi connectivity index (χ4n) is 3.36. The van der Waals surface area contributed by atoms with Crippen LogP contribution in [-0.4, -0.2) is 45.7 Å². The van der Waals surface area contributed by atoms with Crippen molar-refractivity contribution in [2.24, 2.45) is 5.92 Å². The van der Waals surface area contributed by atoms with Crippen molar-refractivity contribution in [1.29, 1.82) is 5.26 Å². The second-order valence-electron chi connectivity index (χ2n) is 6.92. The molecule has 0 aliphatic heterocycles. The van der Waals surface area contributed by atoms with E-state index in [0.717, 1.165) is 21.1 Å². The van der Waals surface area contributed by atoms with Gasteiger partial charge in [-0.3, -0.25) is 14.2 Å². The number of esters is 1. The Balaban J connectivity index is 1.82. The molecule has 0 saturated carbocycles. The largest absolute Gasteiger partial charge is 0.466 e. The summed E-state index contributed by atoms with van der Waals surface area (Å²) in [6, 6.07) is 13.6. The van der Waals surface area contributed by atoms with Gasteiger partial charge in [-0.1, -0.05) is 36.0 Å². The summed E-state index contributed by atoms with van der Waals surface area (Å²) in [6.45, 7) is 2.06. The molecule has 0 saturated heterocycles. The zero-order valence-electron chi connectivity index (χ0n) is 17.7. The molecule has 0 amide bonds. The lowest BCUT2D eigenvalue weighted by Gasteiger charge is -2.14. The summed E-state index contributed by atoms with van der Waals surface area (Å²) in [5, 5.41) is 11.9. The van der Waals surface area contributed by atoms with E-state index in [1.807, 2.05) is 41.2 Å². The van der Waals surface area contributed by atoms with Crippen LogP contribution >= 0.6 is 39.5 Å². The number of aromatic nitrogens is 2. The maximum Gasteiger partial charge on any atom is 0.310 e. The number of imidazole rings is 1. The van der Waals surface area contributed by atoms with Gasteiger partial charge >= 0.3 is 5.97 Å². The number of ketones is 1. The topological polar surface area (TPSA) is 85.0 Å². The molecule has 9 heteroatoms. The molecule has 3 rings (SSSR count). The first kappa shape index (κ1) is 24.4. The van der Waals surface area contributed by atoms with Crippen molar-refractivity contribution in [3.8, 4) is 11.8 Å². The zero-order valence-corrected chi connectivity index (χ0v) is 20.9. The van der Waals surface area contributed by atoms with E-state index in [9.17, 15) is 14.9 Å². The van der Waals surface area contributed by atoms with Crippen LogP contribution in [-0.2, 0) is 14.3 Å². The summed E-state index contributed by atoms with van der Waals surface area (Å²) in [6.07, 6.45) is 3.74. The molecule has 0 N–H and O–H groups in total. The van der Waals surface area contributed by atoms with Gasteiger partial charge in [0.2, 0.25) is 0 Å². The average molecular weight is 532 g/mol. The molecule has 1 heterocycles. The van der Waals surface area contributed by atoms with Gasteiger partial charge in [-0.05, 0) is 41.2 Å². The van der Waals surface area contributed by atoms with Crippen LogP contribution < -0.4 is 0 Å². The molecule has 2 aromatic carbocycles. The molecule has 1 aromatic heterocycles. The summed E-state index contributed by atoms with van der Waals surface area (Å²) in [7, 11) is 0. The molecule has 0 radical (unpaired) electrons. The van der Waals surface area contributed by atoms with Crippen LogP contribution in [0.25, 0.3) is 16.5 Å². The van der Waals surface area contributed by atoms with Crippen LogP contribution in [0.4, 0.5) is 0 Å². The number of hydrogen-bond acceptors (Lipinski definition) is 7. The molecule has 1 atom stereocenters. The van der Waals surface area contributed by atoms with Crippen LogP contribution in [0.1, 0.15) is 18.9 Å². The van der Waals surface area contributed by atoms with Gasteiger partial charge in [-0.15, -0.1) is 0 Å². The molecule has 3 aromatic rings. The zero-order chi connectivity index (χ0) is 23.1. The predicted molar refractivity (Wildman–Crippen MR) is 132 cm³/mol. The highest BCUT2D eigenvalue weighted by atomic mass is 79.9. The Morgan fingerprint density at radius 1 is 1.25 bits per heavy atom. The number of thioether (sulfide) groups is 2. The average Bonchev–Trinajstić information content (AvgIpc) is 3.16. The van der Waals surface area contributed by atoms with E-state index >= 15 is 0 Å². The molecule has 166 valence electrons. The number of nitrogens with zero attached hydrogens (tertiary/aromatic N) is 3. The Bertz CT molecular complexity index is 1170. The lowest BCUT2D eigenvalue weighted by atomic mass is 10.0. The van der Waals surface area contributed by atoms with Gasteiger partial charge in [0.15, 0.2) is 5.16 Å². The highest BCUT2D eigenvalue weighted by Gasteiger charge is 2.23. The second-order valence-corrected chi connectivity index (χ2v) is 9.59. The van der Waals surface area contributed by atoms with E-state index in [1.165, 1.54) is 23.5 Å². The molecular formula is C23H22BrN3O3S2. The predicted octanol–water partition coefficient (Wildman–Crippen LogP) is 5.25. The maximum atomic E-state index is 12.6. The highest BCUT2D eigenvalue weighted by Crippen LogP contribution is 2.32. The van der Waals surface area contributed by atoms with Crippen LogP contribution in [0, 0.1) is 17.2 Å². The number of halogens is 1. The van der Waals surface area contributed by atoms with Crippen LogP contribution in [0.15, 0.2) is 52.4 Å². The van der Waals surface area contributed by atoms with Gasteiger partial charge in [-0.2, -0.15) is 17.0 Å². The number of hydrogen-bond donors (Lipinski definition) is 0. The van der Waals surface area contributed by atoms with Gasteiger partial charge in [0.1, 0.15) is 10.4 Å². The minimum Gasteiger partial charge on any atom is -0.466 e. The third kappa shape index (κ3) is 5.55. The fourth-order valence-corrected chi connectivity index (χ4v) is 5.46. The Kier molecular flexibility index (Phi) is 8.79. The van der Waals surface area contributed by atoms with Gasteiger partial charge in [-0.25, -0.2) is 4.98 Å². The summed E-state index contributed by atoms with van der Waals surface area (Å²) in [5.41, 5.74) is 1.47. The first-order valence-corrected chi connectivity index (χ1v) is 13.1. The van der Waals surface area contributed by atoms with Gasteiger partial charge < -0.3 is 4.74 Å². The number of Topliss-reactive ketones (excluding diaryl/α,β-unsaturated/α-hetero) is 1. The molecule has 32 heavy (non-hydrogen) atoms. The van der Waals surface area contributed by atoms with Crippen molar-refractivity contribution in [2.75, 3.05) is 24.4 Å². The van der Waals surface area contributed by atoms with Crippen LogP contribution in [0.5, 0.6) is 0 Å². The normalized spacial score (nSPS) is 11.8. The Morgan fingerprint density at radius 2 is 2.00 bits per heavy atom. The Morgan fingerprint density at radius 3 is 2.69 bits per heavy atom. The van der Waals surface area contributed by atoms with Gasteiger partial charge in [0, 0.05) is 22.9 Å². The number of carbonyl (C=O) groups excluding carboxylic acids is 2. The van der Waals surface area contributed by atoms with Crippen molar-refractivity contribution in [1.82, 2.24) is 9.55 Å². The molecular weight excluding hydrogens is 510 g/mol. The van der Waals surface area contributed by atoms with E-state index in [4.69, 9.17) is 4.74 Å². The third-order valence-corrected chi connectivity index (χ3v) is 7.08. The van der Waals surface area contributed by atoms with Crippen molar-refractivity contribution in [2.45, 2.75) is 18.5 Å². The summed E-state index contributed by atoms with van der Waals surface area (Å²) < 4.78 is 7.77. The lowest BCUT2D eigenvalue weighted by Crippen LogP contribution is -2.24. The number of rotatable bonds is 10. The summed E-state index contributed by atoms with van der Waals surface area (Å²) >= 11 is 6.40. The summed E-state index contributed by atoms with van der Waals surface area (Å²) in [5.74, 6) is -0.0489. The Labute approximate surface area is 203 Å². The van der Waals surface area contributed by atoms with Gasteiger partial charge in [0.05, 0.1) is 41.8 Å². The van der Waals surface area contributed by atoms with Crippen LogP contribution in [0.3, 0.4) is 0 Å². The minimum atomic E-state index is -0.438. The van der Waals surface area contributed by atoms with Crippen molar-refractivity contribution in [3.05, 3.63) is 52.8 Å². The molecule has 1 unspecified atom stereocenters. The number of benzene rings is 2. The fraction of sp³-hybridized carbons (Fsp3) is 0.304. The number of fused-ring (bicyclic) bond motifs is 1. The quantitative estimate of drug-likeness (QED) is 0.260. The Hall–Kier alpha value is -2.28. The van der Waals surface area contributed by atoms with Crippen molar-refractivity contribution in [3.63, 3.8) is 0 Å². The van der Waals surface area contributed by atoms with E-state index in [0.29, 0.717) is 23.1 Å². The van der Waals surface area contributed by atoms with Crippen molar-refractivity contribution >= 4 is 62.0 Å². The van der Waals surface area contributed by atoms with E-state index in [1.54, 1.807) is 19.2 Å². The SMILES string of the molecule is CCOC(=O)C(CSC)CC(=O)CSc1ncc(Br)n1-c1ccc(C#N)c2ccccc12. The number of ether oxygens (including phenoxy) is 1. The molecule has 0 bridgehead atoms. The highest BCUT2D eigenvalue weighted by molar-refractivity contribution is 9.10. The smallest absolute Gasteiger partial charge is 0.310 e. The van der Waals surface area contributed by atoms with Crippen LogP contribution in [0.2, 0.25) is 0 Å². The molecule has 0 spiro atoms. The first-order chi connectivity index (χ1) is 15.5. The standard InChI is InChI=1S/C23H22BrN3O3S2/c1-3-30-22(29)16(13-31-2)10-17(28)14-32-23-26-12-21(24)27(23)20-9-8-15(11-25)18-6-4-5-7-19(18)20/h4-9,12,16H,3,10,13-14H2,1-2H3. The summed E-state index contributed by atoms with van der Waals surface area (Å²) in [4.78, 5) is 29.2. The van der Waals surface area contributed by atoms with Crippen molar-refractivity contribution < 1.29 is 14.3 Å². The van der Waals surface area contributed by atoms with Gasteiger partial charge in [0.25, 0.3) is 0 Å². The lowest BCUT2D eigenvalue weighted by molar-refractivity contribution is -0.148. The number of nitriles is 1. The molecule has 0 fully saturated rings. The van der Waals surface area contributed by atoms with E-state index in [2.05, 4.69) is 27.0 Å². The van der Waals surface area contributed by atoms with E-state index < -0.39 is 5.92 Å². The monoisotopic (exact) mass is 531 g/mol. The molecule has 6 nitrogen and oxygen atoms in total. The molecule has 0 aliphatic carbocycles. The maximum absolute atomic E-state index is 12.6. The van der Waals surface area contributed by atoms with E-state index in [-0.39, 0.29) is 23.9 Å². The molecule has 0 aliphatic rings.